The minimum atomic E-state index is -0.0706. The summed E-state index contributed by atoms with van der Waals surface area (Å²) in [7, 11) is 0. The molecule has 2 aromatic heterocycles. The van der Waals surface area contributed by atoms with Crippen molar-refractivity contribution in [3.8, 4) is 11.5 Å². The molecule has 0 spiro atoms. The second-order valence-electron chi connectivity index (χ2n) is 5.13. The summed E-state index contributed by atoms with van der Waals surface area (Å²) in [4.78, 5) is 8.79. The van der Waals surface area contributed by atoms with Gasteiger partial charge in [-0.25, -0.2) is 0 Å². The van der Waals surface area contributed by atoms with Crippen LogP contribution in [-0.4, -0.2) is 28.2 Å². The number of hydrogen-bond acceptors (Lipinski definition) is 5. The maximum atomic E-state index is 5.44. The van der Waals surface area contributed by atoms with Crippen LogP contribution >= 0.6 is 15.9 Å². The number of rotatable bonds is 2. The molecule has 1 aliphatic heterocycles. The number of nitrogens with one attached hydrogen (secondary N) is 1. The second-order valence-corrected chi connectivity index (χ2v) is 6.04. The highest BCUT2D eigenvalue weighted by atomic mass is 79.9. The monoisotopic (exact) mass is 322 g/mol. The minimum Gasteiger partial charge on any atom is -0.338 e. The third-order valence-corrected chi connectivity index (χ3v) is 3.97. The molecule has 3 heterocycles. The van der Waals surface area contributed by atoms with Crippen LogP contribution in [0.1, 0.15) is 25.7 Å². The first-order chi connectivity index (χ1) is 9.17. The topological polar surface area (TPSA) is 63.8 Å². The summed E-state index contributed by atoms with van der Waals surface area (Å²) in [6, 6.07) is 3.79. The van der Waals surface area contributed by atoms with Crippen molar-refractivity contribution in [2.45, 2.75) is 25.2 Å². The lowest BCUT2D eigenvalue weighted by Crippen LogP contribution is -2.41. The largest absolute Gasteiger partial charge is 0.338 e. The summed E-state index contributed by atoms with van der Waals surface area (Å²) in [5.41, 5.74) is 0.657. The molecule has 0 aliphatic carbocycles. The highest BCUT2D eigenvalue weighted by molar-refractivity contribution is 9.10. The van der Waals surface area contributed by atoms with E-state index in [9.17, 15) is 0 Å². The summed E-state index contributed by atoms with van der Waals surface area (Å²) in [5, 5.41) is 7.43. The van der Waals surface area contributed by atoms with Gasteiger partial charge >= 0.3 is 0 Å². The lowest BCUT2D eigenvalue weighted by atomic mass is 9.83. The molecule has 0 amide bonds. The molecule has 100 valence electrons. The van der Waals surface area contributed by atoms with Gasteiger partial charge in [0, 0.05) is 17.2 Å². The average molecular weight is 323 g/mol. The molecule has 6 heteroatoms. The van der Waals surface area contributed by atoms with Crippen LogP contribution < -0.4 is 5.32 Å². The molecular formula is C13H15BrN4O. The number of nitrogens with zero attached hydrogens (tertiary/aromatic N) is 3. The number of halogens is 1. The Balaban J connectivity index is 1.88. The smallest absolute Gasteiger partial charge is 0.234 e. The third kappa shape index (κ3) is 2.55. The SMILES string of the molecule is CC1(c2nc(-c3ccc(Br)cn3)no2)CCCNC1. The quantitative estimate of drug-likeness (QED) is 0.920. The fraction of sp³-hybridized carbons (Fsp3) is 0.462. The van der Waals surface area contributed by atoms with Gasteiger partial charge in [-0.2, -0.15) is 4.98 Å². The fourth-order valence-electron chi connectivity index (χ4n) is 2.32. The normalized spacial score (nSPS) is 23.5. The summed E-state index contributed by atoms with van der Waals surface area (Å²) in [5.74, 6) is 1.24. The van der Waals surface area contributed by atoms with E-state index in [1.54, 1.807) is 6.20 Å². The van der Waals surface area contributed by atoms with Crippen molar-refractivity contribution in [1.29, 1.82) is 0 Å². The van der Waals surface area contributed by atoms with E-state index in [-0.39, 0.29) is 5.41 Å². The summed E-state index contributed by atoms with van der Waals surface area (Å²) < 4.78 is 6.37. The zero-order chi connectivity index (χ0) is 13.3. The molecule has 0 saturated carbocycles. The maximum absolute atomic E-state index is 5.44. The van der Waals surface area contributed by atoms with Gasteiger partial charge < -0.3 is 9.84 Å². The van der Waals surface area contributed by atoms with Crippen LogP contribution in [0.2, 0.25) is 0 Å². The van der Waals surface area contributed by atoms with E-state index in [1.165, 1.54) is 0 Å². The number of pyridine rings is 1. The van der Waals surface area contributed by atoms with Gasteiger partial charge in [-0.1, -0.05) is 5.16 Å². The van der Waals surface area contributed by atoms with Crippen molar-refractivity contribution in [3.05, 3.63) is 28.7 Å². The van der Waals surface area contributed by atoms with Crippen molar-refractivity contribution < 1.29 is 4.52 Å². The molecule has 0 bridgehead atoms. The first-order valence-corrected chi connectivity index (χ1v) is 7.13. The Kier molecular flexibility index (Phi) is 3.36. The van der Waals surface area contributed by atoms with E-state index in [4.69, 9.17) is 4.52 Å². The molecule has 1 aliphatic rings. The highest BCUT2D eigenvalue weighted by Gasteiger charge is 2.34. The van der Waals surface area contributed by atoms with Gasteiger partial charge in [-0.3, -0.25) is 4.98 Å². The second kappa shape index (κ2) is 5.02. The van der Waals surface area contributed by atoms with Crippen LogP contribution in [0.3, 0.4) is 0 Å². The average Bonchev–Trinajstić information content (AvgIpc) is 2.91. The van der Waals surface area contributed by atoms with E-state index in [0.717, 1.165) is 36.1 Å². The van der Waals surface area contributed by atoms with Gasteiger partial charge in [0.05, 0.1) is 5.41 Å². The molecule has 19 heavy (non-hydrogen) atoms. The fourth-order valence-corrected chi connectivity index (χ4v) is 2.55. The van der Waals surface area contributed by atoms with Gasteiger partial charge in [0.2, 0.25) is 11.7 Å². The number of hydrogen-bond donors (Lipinski definition) is 1. The number of aromatic nitrogens is 3. The molecule has 0 radical (unpaired) electrons. The van der Waals surface area contributed by atoms with Gasteiger partial charge in [0.1, 0.15) is 5.69 Å². The molecule has 2 aromatic rings. The Bertz CT molecular complexity index is 560. The van der Waals surface area contributed by atoms with Crippen molar-refractivity contribution in [3.63, 3.8) is 0 Å². The van der Waals surface area contributed by atoms with Crippen LogP contribution in [-0.2, 0) is 5.41 Å². The Labute approximate surface area is 119 Å². The zero-order valence-electron chi connectivity index (χ0n) is 10.7. The van der Waals surface area contributed by atoms with Crippen molar-refractivity contribution in [2.24, 2.45) is 0 Å². The highest BCUT2D eigenvalue weighted by Crippen LogP contribution is 2.30. The van der Waals surface area contributed by atoms with Gasteiger partial charge in [-0.05, 0) is 54.4 Å². The minimum absolute atomic E-state index is 0.0706. The van der Waals surface area contributed by atoms with Gasteiger partial charge in [0.15, 0.2) is 0 Å². The lowest BCUT2D eigenvalue weighted by Gasteiger charge is -2.30. The molecule has 0 aromatic carbocycles. The molecule has 1 saturated heterocycles. The van der Waals surface area contributed by atoms with Crippen molar-refractivity contribution in [1.82, 2.24) is 20.4 Å². The third-order valence-electron chi connectivity index (χ3n) is 3.50. The van der Waals surface area contributed by atoms with E-state index in [0.29, 0.717) is 11.7 Å². The van der Waals surface area contributed by atoms with Gasteiger partial charge in [-0.15, -0.1) is 0 Å². The Hall–Kier alpha value is -1.27. The van der Waals surface area contributed by atoms with E-state index < -0.39 is 0 Å². The van der Waals surface area contributed by atoms with E-state index in [1.807, 2.05) is 12.1 Å². The van der Waals surface area contributed by atoms with Crippen LogP contribution in [0.25, 0.3) is 11.5 Å². The van der Waals surface area contributed by atoms with Crippen LogP contribution in [0, 0.1) is 0 Å². The first kappa shape index (κ1) is 12.7. The van der Waals surface area contributed by atoms with Crippen molar-refractivity contribution in [2.75, 3.05) is 13.1 Å². The Morgan fingerprint density at radius 1 is 1.42 bits per heavy atom. The van der Waals surface area contributed by atoms with E-state index >= 15 is 0 Å². The molecule has 5 nitrogen and oxygen atoms in total. The molecule has 1 N–H and O–H groups in total. The predicted octanol–water partition coefficient (Wildman–Crippen LogP) is 2.54. The van der Waals surface area contributed by atoms with Gasteiger partial charge in [0.25, 0.3) is 0 Å². The van der Waals surface area contributed by atoms with E-state index in [2.05, 4.69) is 43.3 Å². The zero-order valence-corrected chi connectivity index (χ0v) is 12.3. The van der Waals surface area contributed by atoms with Crippen molar-refractivity contribution >= 4 is 15.9 Å². The molecule has 3 rings (SSSR count). The maximum Gasteiger partial charge on any atom is 0.234 e. The van der Waals surface area contributed by atoms with Crippen LogP contribution in [0.15, 0.2) is 27.3 Å². The van der Waals surface area contributed by atoms with Crippen LogP contribution in [0.4, 0.5) is 0 Å². The number of piperidine rings is 1. The lowest BCUT2D eigenvalue weighted by molar-refractivity contribution is 0.245. The molecule has 1 unspecified atom stereocenters. The molecular weight excluding hydrogens is 308 g/mol. The standard InChI is InChI=1S/C13H15BrN4O/c1-13(5-2-6-15-8-13)12-17-11(18-19-12)10-4-3-9(14)7-16-10/h3-4,7,15H,2,5-6,8H2,1H3. The summed E-state index contributed by atoms with van der Waals surface area (Å²) >= 11 is 3.36. The molecule has 1 atom stereocenters. The first-order valence-electron chi connectivity index (χ1n) is 6.34. The van der Waals surface area contributed by atoms with Crippen LogP contribution in [0.5, 0.6) is 0 Å². The summed E-state index contributed by atoms with van der Waals surface area (Å²) in [6.07, 6.45) is 3.93. The predicted molar refractivity (Wildman–Crippen MR) is 74.7 cm³/mol. The Morgan fingerprint density at radius 3 is 3.00 bits per heavy atom. The summed E-state index contributed by atoms with van der Waals surface area (Å²) in [6.45, 7) is 4.10. The molecule has 1 fully saturated rings. The Morgan fingerprint density at radius 2 is 2.32 bits per heavy atom.